The first-order valence-electron chi connectivity index (χ1n) is 11.2. The van der Waals surface area contributed by atoms with Crippen molar-refractivity contribution in [2.24, 2.45) is 5.41 Å². The summed E-state index contributed by atoms with van der Waals surface area (Å²) < 4.78 is 0. The van der Waals surface area contributed by atoms with Gasteiger partial charge < -0.3 is 26.0 Å². The summed E-state index contributed by atoms with van der Waals surface area (Å²) in [5, 5.41) is 18.3. The number of hydrogen-bond donors (Lipinski definition) is 4. The molecule has 1 fully saturated rings. The molecule has 0 bridgehead atoms. The highest BCUT2D eigenvalue weighted by Gasteiger charge is 2.44. The summed E-state index contributed by atoms with van der Waals surface area (Å²) in [4.78, 5) is 45.0. The van der Waals surface area contributed by atoms with Gasteiger partial charge in [-0.1, -0.05) is 45.0 Å². The highest BCUT2D eigenvalue weighted by Crippen LogP contribution is 2.28. The fourth-order valence-corrected chi connectivity index (χ4v) is 4.80. The van der Waals surface area contributed by atoms with E-state index in [0.717, 1.165) is 21.7 Å². The van der Waals surface area contributed by atoms with Gasteiger partial charge in [-0.05, 0) is 23.5 Å². The molecule has 184 valence electrons. The molecule has 1 aliphatic rings. The van der Waals surface area contributed by atoms with Gasteiger partial charge in [0.2, 0.25) is 11.8 Å². The zero-order chi connectivity index (χ0) is 25.0. The van der Waals surface area contributed by atoms with E-state index in [1.807, 2.05) is 57.5 Å². The van der Waals surface area contributed by atoms with Crippen LogP contribution in [-0.2, 0) is 16.1 Å². The minimum Gasteiger partial charge on any atom is -0.391 e. The van der Waals surface area contributed by atoms with E-state index in [9.17, 15) is 19.5 Å². The average Bonchev–Trinajstić information content (AvgIpc) is 3.40. The number of β-amino-alcohol motifs (C(OH)–C–C–N with tert-alkyl or cyclic N) is 1. The molecule has 1 aromatic carbocycles. The quantitative estimate of drug-likeness (QED) is 0.497. The molecule has 2 heterocycles. The molecular weight excluding hydrogens is 454 g/mol. The maximum atomic E-state index is 13.3. The predicted octanol–water partition coefficient (Wildman–Crippen LogP) is 2.04. The van der Waals surface area contributed by atoms with Crippen LogP contribution < -0.4 is 16.0 Å². The van der Waals surface area contributed by atoms with Crippen LogP contribution in [0.5, 0.6) is 0 Å². The molecule has 0 saturated carbocycles. The van der Waals surface area contributed by atoms with E-state index >= 15 is 0 Å². The second kappa shape index (κ2) is 10.5. The van der Waals surface area contributed by atoms with Crippen molar-refractivity contribution in [1.82, 2.24) is 25.8 Å². The lowest BCUT2D eigenvalue weighted by Crippen LogP contribution is -2.58. The summed E-state index contributed by atoms with van der Waals surface area (Å²) in [5.74, 6) is -0.725. The van der Waals surface area contributed by atoms with Crippen LogP contribution in [-0.4, -0.2) is 64.6 Å². The van der Waals surface area contributed by atoms with Crippen molar-refractivity contribution >= 4 is 29.2 Å². The summed E-state index contributed by atoms with van der Waals surface area (Å²) in [6.07, 6.45) is -0.653. The summed E-state index contributed by atoms with van der Waals surface area (Å²) in [5.41, 5.74) is 4.20. The molecule has 34 heavy (non-hydrogen) atoms. The third-order valence-corrected chi connectivity index (χ3v) is 6.89. The third-order valence-electron chi connectivity index (χ3n) is 5.91. The molecule has 2 aromatic rings. The van der Waals surface area contributed by atoms with E-state index in [1.54, 1.807) is 11.3 Å². The molecule has 9 nitrogen and oxygen atoms in total. The van der Waals surface area contributed by atoms with Crippen LogP contribution in [0.1, 0.15) is 38.4 Å². The van der Waals surface area contributed by atoms with Crippen molar-refractivity contribution in [3.05, 3.63) is 41.0 Å². The van der Waals surface area contributed by atoms with E-state index in [4.69, 9.17) is 0 Å². The SMILES string of the molecule is CNC(=O)NC(C(=O)N1CC(O)CC1C(=O)NCc1ccc(-c2scnc2C)cc1)C(C)(C)C. The number of carbonyl (C=O) groups excluding carboxylic acids is 3. The number of nitrogens with one attached hydrogen (secondary N) is 3. The molecular formula is C24H33N5O4S. The number of thiazole rings is 1. The van der Waals surface area contributed by atoms with Gasteiger partial charge in [0.1, 0.15) is 12.1 Å². The summed E-state index contributed by atoms with van der Waals surface area (Å²) in [7, 11) is 1.47. The Kier molecular flexibility index (Phi) is 7.93. The van der Waals surface area contributed by atoms with Crippen LogP contribution in [0.3, 0.4) is 0 Å². The minimum absolute atomic E-state index is 0.0435. The molecule has 0 spiro atoms. The van der Waals surface area contributed by atoms with E-state index < -0.39 is 35.5 Å². The molecule has 3 unspecified atom stereocenters. The monoisotopic (exact) mass is 487 g/mol. The standard InChI is InChI=1S/C24H33N5O4S/c1-14-19(34-13-27-14)16-8-6-15(7-9-16)11-26-21(31)18-10-17(30)12-29(18)22(32)20(24(2,3)4)28-23(33)25-5/h6-9,13,17-18,20,30H,10-12H2,1-5H3,(H,26,31)(H2,25,28,33). The number of aliphatic hydroxyl groups excluding tert-OH is 1. The largest absolute Gasteiger partial charge is 0.391 e. The normalized spacial score (nSPS) is 18.9. The highest BCUT2D eigenvalue weighted by atomic mass is 32.1. The number of aryl methyl sites for hydroxylation is 1. The Bertz CT molecular complexity index is 1030. The van der Waals surface area contributed by atoms with Crippen LogP contribution in [0.2, 0.25) is 0 Å². The first kappa shape index (κ1) is 25.6. The van der Waals surface area contributed by atoms with Gasteiger partial charge in [0, 0.05) is 26.6 Å². The van der Waals surface area contributed by atoms with Crippen LogP contribution in [0.25, 0.3) is 10.4 Å². The molecule has 10 heteroatoms. The molecule has 1 saturated heterocycles. The average molecular weight is 488 g/mol. The fraction of sp³-hybridized carbons (Fsp3) is 0.500. The lowest BCUT2D eigenvalue weighted by Gasteiger charge is -2.35. The zero-order valence-corrected chi connectivity index (χ0v) is 21.0. The number of rotatable bonds is 6. The first-order valence-corrected chi connectivity index (χ1v) is 12.1. The Balaban J connectivity index is 1.67. The molecule has 1 aliphatic heterocycles. The van der Waals surface area contributed by atoms with Gasteiger partial charge in [-0.25, -0.2) is 9.78 Å². The van der Waals surface area contributed by atoms with E-state index in [1.165, 1.54) is 11.9 Å². The number of likely N-dealkylation sites (tertiary alicyclic amines) is 1. The summed E-state index contributed by atoms with van der Waals surface area (Å²) in [6, 6.07) is 5.75. The van der Waals surface area contributed by atoms with Gasteiger partial charge >= 0.3 is 6.03 Å². The Morgan fingerprint density at radius 2 is 1.91 bits per heavy atom. The molecule has 0 aliphatic carbocycles. The molecule has 3 rings (SSSR count). The van der Waals surface area contributed by atoms with Crippen molar-refractivity contribution in [3.8, 4) is 10.4 Å². The van der Waals surface area contributed by atoms with Gasteiger partial charge in [0.25, 0.3) is 0 Å². The van der Waals surface area contributed by atoms with Crippen LogP contribution >= 0.6 is 11.3 Å². The van der Waals surface area contributed by atoms with E-state index in [-0.39, 0.29) is 18.9 Å². The molecule has 0 radical (unpaired) electrons. The Morgan fingerprint density at radius 1 is 1.24 bits per heavy atom. The Morgan fingerprint density at radius 3 is 2.47 bits per heavy atom. The molecule has 3 atom stereocenters. The molecule has 4 N–H and O–H groups in total. The van der Waals surface area contributed by atoms with Crippen LogP contribution in [0.15, 0.2) is 29.8 Å². The van der Waals surface area contributed by atoms with Gasteiger partial charge in [-0.3, -0.25) is 9.59 Å². The second-order valence-electron chi connectivity index (χ2n) is 9.60. The molecule has 1 aromatic heterocycles. The van der Waals surface area contributed by atoms with Crippen molar-refractivity contribution in [2.45, 2.75) is 58.8 Å². The first-order chi connectivity index (χ1) is 16.0. The molecule has 4 amide bonds. The number of urea groups is 1. The minimum atomic E-state index is -0.851. The van der Waals surface area contributed by atoms with Crippen molar-refractivity contribution in [2.75, 3.05) is 13.6 Å². The number of aromatic nitrogens is 1. The predicted molar refractivity (Wildman–Crippen MR) is 131 cm³/mol. The van der Waals surface area contributed by atoms with E-state index in [0.29, 0.717) is 6.54 Å². The summed E-state index contributed by atoms with van der Waals surface area (Å²) >= 11 is 1.58. The van der Waals surface area contributed by atoms with Gasteiger partial charge in [-0.15, -0.1) is 11.3 Å². The fourth-order valence-electron chi connectivity index (χ4n) is 3.98. The number of benzene rings is 1. The maximum Gasteiger partial charge on any atom is 0.315 e. The highest BCUT2D eigenvalue weighted by molar-refractivity contribution is 7.13. The van der Waals surface area contributed by atoms with Gasteiger partial charge in [-0.2, -0.15) is 0 Å². The van der Waals surface area contributed by atoms with Crippen LogP contribution in [0, 0.1) is 12.3 Å². The van der Waals surface area contributed by atoms with Gasteiger partial charge in [0.05, 0.1) is 22.2 Å². The maximum absolute atomic E-state index is 13.3. The number of aliphatic hydroxyl groups is 1. The second-order valence-corrected chi connectivity index (χ2v) is 10.5. The van der Waals surface area contributed by atoms with Crippen molar-refractivity contribution in [1.29, 1.82) is 0 Å². The third kappa shape index (κ3) is 5.92. The Hall–Kier alpha value is -2.98. The number of nitrogens with zero attached hydrogens (tertiary/aromatic N) is 2. The number of carbonyl (C=O) groups is 3. The zero-order valence-electron chi connectivity index (χ0n) is 20.2. The lowest BCUT2D eigenvalue weighted by molar-refractivity contribution is -0.142. The Labute approximate surface area is 204 Å². The number of hydrogen-bond acceptors (Lipinski definition) is 6. The smallest absolute Gasteiger partial charge is 0.315 e. The van der Waals surface area contributed by atoms with Crippen molar-refractivity contribution in [3.63, 3.8) is 0 Å². The topological polar surface area (TPSA) is 124 Å². The van der Waals surface area contributed by atoms with Crippen molar-refractivity contribution < 1.29 is 19.5 Å². The van der Waals surface area contributed by atoms with Crippen LogP contribution in [0.4, 0.5) is 4.79 Å². The van der Waals surface area contributed by atoms with Gasteiger partial charge in [0.15, 0.2) is 0 Å². The number of amides is 4. The lowest BCUT2D eigenvalue weighted by atomic mass is 9.85. The van der Waals surface area contributed by atoms with E-state index in [2.05, 4.69) is 20.9 Å². The summed E-state index contributed by atoms with van der Waals surface area (Å²) in [6.45, 7) is 7.83.